The number of fused-ring (bicyclic) bond motifs is 1. The van der Waals surface area contributed by atoms with Gasteiger partial charge in [-0.1, -0.05) is 26.7 Å². The highest BCUT2D eigenvalue weighted by Gasteiger charge is 2.08. The first kappa shape index (κ1) is 18.5. The van der Waals surface area contributed by atoms with Crippen LogP contribution in [0.25, 0.3) is 11.0 Å². The highest BCUT2D eigenvalue weighted by Crippen LogP contribution is 2.15. The van der Waals surface area contributed by atoms with Gasteiger partial charge < -0.3 is 14.6 Å². The largest absolute Gasteiger partial charge is 0.478 e. The minimum Gasteiger partial charge on any atom is -0.478 e. The molecule has 2 aromatic rings. The number of imidazole rings is 1. The lowest BCUT2D eigenvalue weighted by molar-refractivity contribution is 0.0697. The molecule has 2 rings (SSSR count). The van der Waals surface area contributed by atoms with E-state index in [1.807, 2.05) is 12.4 Å². The summed E-state index contributed by atoms with van der Waals surface area (Å²) in [6, 6.07) is 5.15. The third kappa shape index (κ3) is 5.06. The van der Waals surface area contributed by atoms with E-state index in [-0.39, 0.29) is 5.56 Å². The summed E-state index contributed by atoms with van der Waals surface area (Å²) < 4.78 is 2.12. The summed E-state index contributed by atoms with van der Waals surface area (Å²) in [6.07, 6.45) is 7.89. The summed E-state index contributed by atoms with van der Waals surface area (Å²) >= 11 is 0. The number of aromatic carboxylic acids is 1. The van der Waals surface area contributed by atoms with Gasteiger partial charge in [-0.15, -0.1) is 0 Å². The highest BCUT2D eigenvalue weighted by molar-refractivity contribution is 5.92. The van der Waals surface area contributed by atoms with Crippen LogP contribution in [0.3, 0.4) is 0 Å². The van der Waals surface area contributed by atoms with Crippen molar-refractivity contribution in [2.75, 3.05) is 19.6 Å². The molecule has 0 amide bonds. The maximum absolute atomic E-state index is 11.0. The molecule has 0 atom stereocenters. The number of carboxylic acids is 1. The monoisotopic (exact) mass is 331 g/mol. The molecule has 5 nitrogen and oxygen atoms in total. The van der Waals surface area contributed by atoms with Gasteiger partial charge in [-0.05, 0) is 57.1 Å². The Kier molecular flexibility index (Phi) is 7.25. The fourth-order valence-corrected chi connectivity index (χ4v) is 2.94. The third-order valence-electron chi connectivity index (χ3n) is 4.40. The van der Waals surface area contributed by atoms with E-state index in [1.54, 1.807) is 12.1 Å². The van der Waals surface area contributed by atoms with Crippen molar-refractivity contribution in [3.8, 4) is 0 Å². The van der Waals surface area contributed by atoms with Gasteiger partial charge in [0.25, 0.3) is 0 Å². The molecule has 0 fully saturated rings. The quantitative estimate of drug-likeness (QED) is 0.675. The minimum absolute atomic E-state index is 0.290. The minimum atomic E-state index is -0.908. The SMILES string of the molecule is CCCCN(CCCC)CCCn1cnc2cc(C(=O)O)ccc21. The van der Waals surface area contributed by atoms with Crippen molar-refractivity contribution in [1.82, 2.24) is 14.5 Å². The molecule has 1 aromatic heterocycles. The van der Waals surface area contributed by atoms with Crippen molar-refractivity contribution in [3.05, 3.63) is 30.1 Å². The van der Waals surface area contributed by atoms with Crippen LogP contribution in [0.15, 0.2) is 24.5 Å². The molecule has 0 unspecified atom stereocenters. The van der Waals surface area contributed by atoms with Crippen molar-refractivity contribution in [3.63, 3.8) is 0 Å². The standard InChI is InChI=1S/C19H29N3O2/c1-3-5-10-21(11-6-4-2)12-7-13-22-15-20-17-14-16(19(23)24)8-9-18(17)22/h8-9,14-15H,3-7,10-13H2,1-2H3,(H,23,24). The molecule has 0 bridgehead atoms. The van der Waals surface area contributed by atoms with E-state index in [9.17, 15) is 4.79 Å². The van der Waals surface area contributed by atoms with Gasteiger partial charge in [0.2, 0.25) is 0 Å². The van der Waals surface area contributed by atoms with Gasteiger partial charge in [-0.3, -0.25) is 0 Å². The molecule has 0 saturated carbocycles. The van der Waals surface area contributed by atoms with Gasteiger partial charge in [0.1, 0.15) is 0 Å². The topological polar surface area (TPSA) is 58.4 Å². The van der Waals surface area contributed by atoms with Crippen LogP contribution in [0, 0.1) is 0 Å². The maximum atomic E-state index is 11.0. The van der Waals surface area contributed by atoms with Crippen LogP contribution in [0.2, 0.25) is 0 Å². The number of nitrogens with zero attached hydrogens (tertiary/aromatic N) is 3. The Hall–Kier alpha value is -1.88. The summed E-state index contributed by atoms with van der Waals surface area (Å²) in [5, 5.41) is 9.06. The maximum Gasteiger partial charge on any atom is 0.335 e. The number of benzene rings is 1. The Morgan fingerprint density at radius 2 is 1.79 bits per heavy atom. The van der Waals surface area contributed by atoms with Crippen molar-refractivity contribution in [2.45, 2.75) is 52.5 Å². The average molecular weight is 331 g/mol. The van der Waals surface area contributed by atoms with Crippen LogP contribution in [-0.2, 0) is 6.54 Å². The zero-order valence-electron chi connectivity index (χ0n) is 14.9. The Morgan fingerprint density at radius 3 is 2.42 bits per heavy atom. The number of hydrogen-bond donors (Lipinski definition) is 1. The smallest absolute Gasteiger partial charge is 0.335 e. The lowest BCUT2D eigenvalue weighted by atomic mass is 10.2. The first-order valence-electron chi connectivity index (χ1n) is 9.06. The van der Waals surface area contributed by atoms with Gasteiger partial charge in [-0.25, -0.2) is 9.78 Å². The van der Waals surface area contributed by atoms with Crippen molar-refractivity contribution < 1.29 is 9.90 Å². The van der Waals surface area contributed by atoms with Crippen LogP contribution >= 0.6 is 0 Å². The second-order valence-corrected chi connectivity index (χ2v) is 6.35. The summed E-state index contributed by atoms with van der Waals surface area (Å²) in [4.78, 5) is 17.9. The average Bonchev–Trinajstić information content (AvgIpc) is 2.99. The van der Waals surface area contributed by atoms with Gasteiger partial charge in [0.05, 0.1) is 22.9 Å². The fourth-order valence-electron chi connectivity index (χ4n) is 2.94. The van der Waals surface area contributed by atoms with Crippen molar-refractivity contribution in [2.24, 2.45) is 0 Å². The molecular formula is C19H29N3O2. The predicted octanol–water partition coefficient (Wildman–Crippen LogP) is 4.03. The normalized spacial score (nSPS) is 11.5. The molecule has 0 saturated heterocycles. The molecule has 132 valence electrons. The van der Waals surface area contributed by atoms with Crippen molar-refractivity contribution in [1.29, 1.82) is 0 Å². The van der Waals surface area contributed by atoms with E-state index in [4.69, 9.17) is 5.11 Å². The Morgan fingerprint density at radius 1 is 1.12 bits per heavy atom. The van der Waals surface area contributed by atoms with E-state index in [0.717, 1.165) is 30.5 Å². The number of aromatic nitrogens is 2. The molecule has 0 radical (unpaired) electrons. The summed E-state index contributed by atoms with van der Waals surface area (Å²) in [5.74, 6) is -0.908. The molecule has 1 heterocycles. The molecule has 24 heavy (non-hydrogen) atoms. The Labute approximate surface area is 144 Å². The molecule has 0 aliphatic heterocycles. The number of rotatable bonds is 11. The molecule has 5 heteroatoms. The Bertz CT molecular complexity index is 643. The number of carbonyl (C=O) groups is 1. The van der Waals surface area contributed by atoms with Crippen LogP contribution in [0.5, 0.6) is 0 Å². The van der Waals surface area contributed by atoms with E-state index in [1.165, 1.54) is 38.8 Å². The second kappa shape index (κ2) is 9.42. The molecule has 1 N–H and O–H groups in total. The molecular weight excluding hydrogens is 302 g/mol. The first-order chi connectivity index (χ1) is 11.7. The van der Waals surface area contributed by atoms with Crippen LogP contribution in [0.1, 0.15) is 56.3 Å². The predicted molar refractivity (Wildman–Crippen MR) is 97.6 cm³/mol. The first-order valence-corrected chi connectivity index (χ1v) is 9.06. The molecule has 0 aliphatic rings. The van der Waals surface area contributed by atoms with Crippen LogP contribution in [-0.4, -0.2) is 45.2 Å². The number of carboxylic acid groups (broad SMARTS) is 1. The van der Waals surface area contributed by atoms with Crippen LogP contribution in [0.4, 0.5) is 0 Å². The molecule has 0 spiro atoms. The highest BCUT2D eigenvalue weighted by atomic mass is 16.4. The van der Waals surface area contributed by atoms with E-state index < -0.39 is 5.97 Å². The molecule has 0 aliphatic carbocycles. The molecule has 1 aromatic carbocycles. The van der Waals surface area contributed by atoms with Crippen molar-refractivity contribution >= 4 is 17.0 Å². The second-order valence-electron chi connectivity index (χ2n) is 6.35. The number of hydrogen-bond acceptors (Lipinski definition) is 3. The lowest BCUT2D eigenvalue weighted by Crippen LogP contribution is -2.27. The van der Waals surface area contributed by atoms with E-state index in [2.05, 4.69) is 28.3 Å². The summed E-state index contributed by atoms with van der Waals surface area (Å²) in [6.45, 7) is 8.86. The fraction of sp³-hybridized carbons (Fsp3) is 0.579. The zero-order valence-corrected chi connectivity index (χ0v) is 14.9. The summed E-state index contributed by atoms with van der Waals surface area (Å²) in [7, 11) is 0. The zero-order chi connectivity index (χ0) is 17.4. The van der Waals surface area contributed by atoms with Crippen LogP contribution < -0.4 is 0 Å². The van der Waals surface area contributed by atoms with Gasteiger partial charge >= 0.3 is 5.97 Å². The van der Waals surface area contributed by atoms with E-state index >= 15 is 0 Å². The lowest BCUT2D eigenvalue weighted by Gasteiger charge is -2.22. The Balaban J connectivity index is 1.93. The third-order valence-corrected chi connectivity index (χ3v) is 4.40. The van der Waals surface area contributed by atoms with Gasteiger partial charge in [0.15, 0.2) is 0 Å². The number of aryl methyl sites for hydroxylation is 1. The summed E-state index contributed by atoms with van der Waals surface area (Å²) in [5.41, 5.74) is 2.05. The number of unbranched alkanes of at least 4 members (excludes halogenated alkanes) is 2. The van der Waals surface area contributed by atoms with E-state index in [0.29, 0.717) is 0 Å². The van der Waals surface area contributed by atoms with Gasteiger partial charge in [-0.2, -0.15) is 0 Å². The van der Waals surface area contributed by atoms with Gasteiger partial charge in [0, 0.05) is 6.54 Å².